The van der Waals surface area contributed by atoms with Crippen LogP contribution >= 0.6 is 23.2 Å². The number of benzene rings is 2. The summed E-state index contributed by atoms with van der Waals surface area (Å²) >= 11 is 12.1. The van der Waals surface area contributed by atoms with Gasteiger partial charge in [0.05, 0.1) is 22.9 Å². The minimum Gasteiger partial charge on any atom is -0.492 e. The van der Waals surface area contributed by atoms with E-state index >= 15 is 0 Å². The van der Waals surface area contributed by atoms with Crippen molar-refractivity contribution in [2.75, 3.05) is 6.61 Å². The lowest BCUT2D eigenvalue weighted by molar-refractivity contribution is -0.135. The Balaban J connectivity index is 1.62. The van der Waals surface area contributed by atoms with Crippen molar-refractivity contribution in [2.45, 2.75) is 52.5 Å². The first-order valence-corrected chi connectivity index (χ1v) is 10.5. The van der Waals surface area contributed by atoms with Gasteiger partial charge in [-0.25, -0.2) is 5.01 Å². The highest BCUT2D eigenvalue weighted by atomic mass is 35.5. The fourth-order valence-corrected chi connectivity index (χ4v) is 3.92. The van der Waals surface area contributed by atoms with Crippen molar-refractivity contribution >= 4 is 34.8 Å². The number of carbonyl (C=O) groups excluding carboxylic acids is 1. The quantitative estimate of drug-likeness (QED) is 0.510. The second kappa shape index (κ2) is 8.76. The van der Waals surface area contributed by atoms with E-state index in [9.17, 15) is 4.79 Å². The molecule has 0 saturated carbocycles. The highest BCUT2D eigenvalue weighted by Crippen LogP contribution is 2.32. The van der Waals surface area contributed by atoms with Gasteiger partial charge in [0.25, 0.3) is 0 Å². The number of ether oxygens (including phenoxy) is 1. The second-order valence-corrected chi connectivity index (χ2v) is 8.91. The van der Waals surface area contributed by atoms with Gasteiger partial charge in [0.2, 0.25) is 5.91 Å². The number of amides is 1. The molecule has 3 rings (SSSR count). The summed E-state index contributed by atoms with van der Waals surface area (Å²) in [7, 11) is 0. The first kappa shape index (κ1) is 21.7. The number of rotatable bonds is 6. The standard InChI is InChI=1S/C23H26Cl2N2O2/c1-15-11-16(2)13-17(12-15)19-14-23(3,4)27(26-19)21(28)9-6-10-29-20-8-5-7-18(24)22(20)25/h5,7-8,11-13H,6,9-10,14H2,1-4H3. The molecule has 154 valence electrons. The number of hydrogen-bond donors (Lipinski definition) is 0. The fourth-order valence-electron chi connectivity index (χ4n) is 3.58. The molecule has 0 N–H and O–H groups in total. The lowest BCUT2D eigenvalue weighted by atomic mass is 9.93. The molecule has 1 heterocycles. The molecule has 0 aromatic heterocycles. The Bertz CT molecular complexity index is 934. The zero-order valence-electron chi connectivity index (χ0n) is 17.3. The smallest absolute Gasteiger partial charge is 0.243 e. The summed E-state index contributed by atoms with van der Waals surface area (Å²) in [6.45, 7) is 8.63. The summed E-state index contributed by atoms with van der Waals surface area (Å²) < 4.78 is 5.68. The summed E-state index contributed by atoms with van der Waals surface area (Å²) in [5, 5.41) is 7.15. The number of carbonyl (C=O) groups is 1. The van der Waals surface area contributed by atoms with E-state index in [1.807, 2.05) is 13.8 Å². The van der Waals surface area contributed by atoms with Crippen LogP contribution in [0.25, 0.3) is 0 Å². The molecule has 1 aliphatic heterocycles. The van der Waals surface area contributed by atoms with Gasteiger partial charge < -0.3 is 4.74 Å². The van der Waals surface area contributed by atoms with Crippen molar-refractivity contribution in [3.63, 3.8) is 0 Å². The van der Waals surface area contributed by atoms with Crippen LogP contribution < -0.4 is 4.74 Å². The van der Waals surface area contributed by atoms with E-state index in [2.05, 4.69) is 37.1 Å². The molecule has 2 aromatic rings. The van der Waals surface area contributed by atoms with Crippen LogP contribution in [0.4, 0.5) is 0 Å². The van der Waals surface area contributed by atoms with E-state index in [0.717, 1.165) is 17.7 Å². The Labute approximate surface area is 182 Å². The van der Waals surface area contributed by atoms with Crippen LogP contribution in [0, 0.1) is 13.8 Å². The molecule has 2 aromatic carbocycles. The summed E-state index contributed by atoms with van der Waals surface area (Å²) in [6, 6.07) is 11.6. The van der Waals surface area contributed by atoms with Gasteiger partial charge in [-0.3, -0.25) is 4.79 Å². The maximum absolute atomic E-state index is 12.8. The number of hydrogen-bond acceptors (Lipinski definition) is 3. The van der Waals surface area contributed by atoms with Crippen molar-refractivity contribution < 1.29 is 9.53 Å². The molecule has 1 aliphatic rings. The van der Waals surface area contributed by atoms with E-state index in [1.165, 1.54) is 11.1 Å². The minimum atomic E-state index is -0.346. The van der Waals surface area contributed by atoms with E-state index in [1.54, 1.807) is 23.2 Å². The predicted molar refractivity (Wildman–Crippen MR) is 119 cm³/mol. The van der Waals surface area contributed by atoms with Gasteiger partial charge >= 0.3 is 0 Å². The van der Waals surface area contributed by atoms with E-state index in [0.29, 0.717) is 35.2 Å². The van der Waals surface area contributed by atoms with Gasteiger partial charge in [-0.15, -0.1) is 0 Å². The topological polar surface area (TPSA) is 41.9 Å². The summed E-state index contributed by atoms with van der Waals surface area (Å²) in [5.41, 5.74) is 4.09. The van der Waals surface area contributed by atoms with Crippen LogP contribution in [-0.4, -0.2) is 28.8 Å². The Morgan fingerprint density at radius 3 is 2.55 bits per heavy atom. The van der Waals surface area contributed by atoms with Crippen molar-refractivity contribution in [2.24, 2.45) is 5.10 Å². The molecule has 4 nitrogen and oxygen atoms in total. The van der Waals surface area contributed by atoms with E-state index in [-0.39, 0.29) is 11.4 Å². The maximum atomic E-state index is 12.8. The molecule has 0 radical (unpaired) electrons. The third-order valence-electron chi connectivity index (χ3n) is 4.89. The molecule has 0 fully saturated rings. The first-order valence-electron chi connectivity index (χ1n) is 9.73. The van der Waals surface area contributed by atoms with Crippen molar-refractivity contribution in [1.82, 2.24) is 5.01 Å². The summed E-state index contributed by atoms with van der Waals surface area (Å²) in [4.78, 5) is 12.8. The van der Waals surface area contributed by atoms with Crippen LogP contribution in [-0.2, 0) is 4.79 Å². The predicted octanol–water partition coefficient (Wildman–Crippen LogP) is 6.18. The van der Waals surface area contributed by atoms with Crippen LogP contribution in [0.2, 0.25) is 10.0 Å². The third kappa shape index (κ3) is 5.12. The SMILES string of the molecule is Cc1cc(C)cc(C2=NN(C(=O)CCCOc3cccc(Cl)c3Cl)C(C)(C)C2)c1. The monoisotopic (exact) mass is 432 g/mol. The molecule has 0 aliphatic carbocycles. The van der Waals surface area contributed by atoms with Crippen molar-refractivity contribution in [3.05, 3.63) is 63.1 Å². The average Bonchev–Trinajstić information content (AvgIpc) is 2.96. The van der Waals surface area contributed by atoms with Gasteiger partial charge in [0.1, 0.15) is 10.8 Å². The van der Waals surface area contributed by atoms with Gasteiger partial charge in [0.15, 0.2) is 0 Å². The summed E-state index contributed by atoms with van der Waals surface area (Å²) in [6.07, 6.45) is 1.66. The highest BCUT2D eigenvalue weighted by Gasteiger charge is 2.38. The average molecular weight is 433 g/mol. The number of hydrazone groups is 1. The lowest BCUT2D eigenvalue weighted by Crippen LogP contribution is -2.40. The van der Waals surface area contributed by atoms with Crippen molar-refractivity contribution in [3.8, 4) is 5.75 Å². The normalized spacial score (nSPS) is 15.4. The zero-order valence-corrected chi connectivity index (χ0v) is 18.8. The molecule has 0 bridgehead atoms. The second-order valence-electron chi connectivity index (χ2n) is 8.12. The molecular weight excluding hydrogens is 407 g/mol. The summed E-state index contributed by atoms with van der Waals surface area (Å²) in [5.74, 6) is 0.526. The van der Waals surface area contributed by atoms with E-state index < -0.39 is 0 Å². The van der Waals surface area contributed by atoms with Crippen molar-refractivity contribution in [1.29, 1.82) is 0 Å². The number of aryl methyl sites for hydroxylation is 2. The zero-order chi connectivity index (χ0) is 21.2. The van der Waals surface area contributed by atoms with Gasteiger partial charge in [-0.1, -0.05) is 58.6 Å². The number of halogens is 2. The van der Waals surface area contributed by atoms with Crippen LogP contribution in [0.5, 0.6) is 5.75 Å². The molecule has 6 heteroatoms. The minimum absolute atomic E-state index is 0.00448. The lowest BCUT2D eigenvalue weighted by Gasteiger charge is -2.28. The van der Waals surface area contributed by atoms with Gasteiger partial charge in [-0.2, -0.15) is 5.10 Å². The Kier molecular flexibility index (Phi) is 6.55. The van der Waals surface area contributed by atoms with Gasteiger partial charge in [0, 0.05) is 12.8 Å². The molecule has 0 saturated heterocycles. The fraction of sp³-hybridized carbons (Fsp3) is 0.391. The number of nitrogens with zero attached hydrogens (tertiary/aromatic N) is 2. The highest BCUT2D eigenvalue weighted by molar-refractivity contribution is 6.42. The van der Waals surface area contributed by atoms with Crippen LogP contribution in [0.1, 0.15) is 49.8 Å². The Morgan fingerprint density at radius 1 is 1.17 bits per heavy atom. The molecule has 29 heavy (non-hydrogen) atoms. The van der Waals surface area contributed by atoms with E-state index in [4.69, 9.17) is 27.9 Å². The molecular formula is C23H26Cl2N2O2. The maximum Gasteiger partial charge on any atom is 0.243 e. The third-order valence-corrected chi connectivity index (χ3v) is 5.70. The largest absolute Gasteiger partial charge is 0.492 e. The molecule has 0 spiro atoms. The molecule has 0 atom stereocenters. The molecule has 0 unspecified atom stereocenters. The Morgan fingerprint density at radius 2 is 1.86 bits per heavy atom. The first-order chi connectivity index (χ1) is 13.7. The van der Waals surface area contributed by atoms with Gasteiger partial charge in [-0.05, 0) is 51.8 Å². The van der Waals surface area contributed by atoms with Crippen LogP contribution in [0.15, 0.2) is 41.5 Å². The molecule has 1 amide bonds. The Hall–Kier alpha value is -2.04. The van der Waals surface area contributed by atoms with Crippen LogP contribution in [0.3, 0.4) is 0 Å².